The number of pyridine rings is 1. The Bertz CT molecular complexity index is 566. The lowest BCUT2D eigenvalue weighted by molar-refractivity contribution is 0.403. The normalized spacial score (nSPS) is 20.0. The summed E-state index contributed by atoms with van der Waals surface area (Å²) < 4.78 is 0. The number of rotatable bonds is 3. The van der Waals surface area contributed by atoms with Crippen molar-refractivity contribution in [3.05, 3.63) is 45.7 Å². The van der Waals surface area contributed by atoms with Crippen molar-refractivity contribution >= 4 is 11.3 Å². The summed E-state index contributed by atoms with van der Waals surface area (Å²) in [7, 11) is 0. The zero-order chi connectivity index (χ0) is 13.2. The number of fused-ring (bicyclic) bond motifs is 1. The number of hydrazine groups is 1. The summed E-state index contributed by atoms with van der Waals surface area (Å²) in [5.41, 5.74) is 8.50. The average molecular weight is 274 g/mol. The molecular formula is C14H18N4S. The van der Waals surface area contributed by atoms with Gasteiger partial charge in [-0.3, -0.25) is 16.3 Å². The molecule has 3 N–H and O–H groups in total. The summed E-state index contributed by atoms with van der Waals surface area (Å²) in [4.78, 5) is 10.2. The van der Waals surface area contributed by atoms with Crippen molar-refractivity contribution in [3.8, 4) is 0 Å². The number of nitrogens with two attached hydrogens (primary N) is 1. The monoisotopic (exact) mass is 274 g/mol. The molecule has 0 spiro atoms. The van der Waals surface area contributed by atoms with Gasteiger partial charge in [-0.2, -0.15) is 0 Å². The van der Waals surface area contributed by atoms with Crippen LogP contribution in [-0.2, 0) is 6.42 Å². The van der Waals surface area contributed by atoms with Crippen LogP contribution in [0.1, 0.15) is 46.6 Å². The maximum Gasteiger partial charge on any atom is 0.0798 e. The lowest BCUT2D eigenvalue weighted by atomic mass is 9.81. The van der Waals surface area contributed by atoms with E-state index in [1.54, 1.807) is 11.3 Å². The van der Waals surface area contributed by atoms with E-state index < -0.39 is 0 Å². The van der Waals surface area contributed by atoms with Gasteiger partial charge in [-0.1, -0.05) is 6.07 Å². The van der Waals surface area contributed by atoms with Gasteiger partial charge in [0.15, 0.2) is 0 Å². The average Bonchev–Trinajstić information content (AvgIpc) is 2.86. The fourth-order valence-electron chi connectivity index (χ4n) is 2.95. The molecule has 0 aromatic carbocycles. The zero-order valence-corrected chi connectivity index (χ0v) is 11.8. The topological polar surface area (TPSA) is 63.8 Å². The van der Waals surface area contributed by atoms with Crippen LogP contribution in [-0.4, -0.2) is 9.97 Å². The van der Waals surface area contributed by atoms with Crippen molar-refractivity contribution in [1.29, 1.82) is 0 Å². The van der Waals surface area contributed by atoms with Crippen LogP contribution in [0.5, 0.6) is 0 Å². The predicted octanol–water partition coefficient (Wildman–Crippen LogP) is 2.47. The van der Waals surface area contributed by atoms with Gasteiger partial charge in [0.05, 0.1) is 17.2 Å². The molecule has 100 valence electrons. The van der Waals surface area contributed by atoms with E-state index >= 15 is 0 Å². The van der Waals surface area contributed by atoms with Crippen molar-refractivity contribution in [3.63, 3.8) is 0 Å². The van der Waals surface area contributed by atoms with Gasteiger partial charge in [0, 0.05) is 22.7 Å². The van der Waals surface area contributed by atoms with E-state index in [4.69, 9.17) is 5.84 Å². The first-order valence-corrected chi connectivity index (χ1v) is 7.49. The van der Waals surface area contributed by atoms with Crippen LogP contribution >= 0.6 is 11.3 Å². The Morgan fingerprint density at radius 1 is 1.47 bits per heavy atom. The molecule has 4 nitrogen and oxygen atoms in total. The molecule has 5 heteroatoms. The number of nitrogens with one attached hydrogen (secondary N) is 1. The molecule has 2 atom stereocenters. The molecule has 1 aliphatic carbocycles. The molecular weight excluding hydrogens is 256 g/mol. The van der Waals surface area contributed by atoms with E-state index in [1.165, 1.54) is 22.6 Å². The molecule has 1 aliphatic rings. The predicted molar refractivity (Wildman–Crippen MR) is 76.8 cm³/mol. The van der Waals surface area contributed by atoms with Gasteiger partial charge in [0.2, 0.25) is 0 Å². The third-order valence-electron chi connectivity index (χ3n) is 3.89. The van der Waals surface area contributed by atoms with E-state index in [-0.39, 0.29) is 6.04 Å². The first-order valence-electron chi connectivity index (χ1n) is 6.61. The van der Waals surface area contributed by atoms with Crippen LogP contribution < -0.4 is 11.3 Å². The highest BCUT2D eigenvalue weighted by atomic mass is 32.1. The smallest absolute Gasteiger partial charge is 0.0798 e. The quantitative estimate of drug-likeness (QED) is 0.666. The molecule has 2 unspecified atom stereocenters. The molecule has 0 saturated carbocycles. The SMILES string of the molecule is Cc1ncsc1C(NN)C1CCCc2cccnc21. The minimum absolute atomic E-state index is 0.112. The maximum atomic E-state index is 5.82. The second kappa shape index (κ2) is 5.36. The summed E-state index contributed by atoms with van der Waals surface area (Å²) >= 11 is 1.67. The van der Waals surface area contributed by atoms with Gasteiger partial charge in [0.1, 0.15) is 0 Å². The molecule has 0 saturated heterocycles. The van der Waals surface area contributed by atoms with Crippen LogP contribution in [0.4, 0.5) is 0 Å². The minimum Gasteiger partial charge on any atom is -0.271 e. The van der Waals surface area contributed by atoms with Gasteiger partial charge in [-0.05, 0) is 37.8 Å². The summed E-state index contributed by atoms with van der Waals surface area (Å²) in [5, 5.41) is 0. The van der Waals surface area contributed by atoms with Crippen LogP contribution in [0.15, 0.2) is 23.8 Å². The lowest BCUT2D eigenvalue weighted by Gasteiger charge is -2.30. The molecule has 0 aliphatic heterocycles. The Morgan fingerprint density at radius 3 is 3.11 bits per heavy atom. The molecule has 0 bridgehead atoms. The van der Waals surface area contributed by atoms with Crippen molar-refractivity contribution in [2.75, 3.05) is 0 Å². The van der Waals surface area contributed by atoms with E-state index in [0.717, 1.165) is 18.5 Å². The highest BCUT2D eigenvalue weighted by molar-refractivity contribution is 7.09. The number of thiazole rings is 1. The largest absolute Gasteiger partial charge is 0.271 e. The van der Waals surface area contributed by atoms with Crippen molar-refractivity contribution in [1.82, 2.24) is 15.4 Å². The molecule has 0 radical (unpaired) electrons. The van der Waals surface area contributed by atoms with Gasteiger partial charge in [-0.15, -0.1) is 11.3 Å². The maximum absolute atomic E-state index is 5.82. The third-order valence-corrected chi connectivity index (χ3v) is 4.90. The molecule has 2 aromatic rings. The number of aromatic nitrogens is 2. The summed E-state index contributed by atoms with van der Waals surface area (Å²) in [6.07, 6.45) is 5.32. The Labute approximate surface area is 117 Å². The summed E-state index contributed by atoms with van der Waals surface area (Å²) in [5.74, 6) is 6.16. The lowest BCUT2D eigenvalue weighted by Crippen LogP contribution is -2.34. The number of aryl methyl sites for hydroxylation is 2. The van der Waals surface area contributed by atoms with Crippen molar-refractivity contribution in [2.24, 2.45) is 5.84 Å². The summed E-state index contributed by atoms with van der Waals surface area (Å²) in [6, 6.07) is 4.31. The van der Waals surface area contributed by atoms with E-state index in [2.05, 4.69) is 21.5 Å². The molecule has 2 aromatic heterocycles. The third kappa shape index (κ3) is 2.29. The first-order chi connectivity index (χ1) is 9.31. The van der Waals surface area contributed by atoms with Gasteiger partial charge in [-0.25, -0.2) is 4.98 Å². The molecule has 3 rings (SSSR count). The van der Waals surface area contributed by atoms with Crippen LogP contribution in [0, 0.1) is 6.92 Å². The van der Waals surface area contributed by atoms with Gasteiger partial charge >= 0.3 is 0 Å². The molecule has 19 heavy (non-hydrogen) atoms. The summed E-state index contributed by atoms with van der Waals surface area (Å²) in [6.45, 7) is 2.04. The van der Waals surface area contributed by atoms with E-state index in [0.29, 0.717) is 5.92 Å². The molecule has 0 amide bonds. The molecule has 0 fully saturated rings. The zero-order valence-electron chi connectivity index (χ0n) is 11.0. The Kier molecular flexibility index (Phi) is 3.59. The molecule has 2 heterocycles. The van der Waals surface area contributed by atoms with Gasteiger partial charge in [0.25, 0.3) is 0 Å². The van der Waals surface area contributed by atoms with E-state index in [1.807, 2.05) is 24.7 Å². The number of nitrogens with zero attached hydrogens (tertiary/aromatic N) is 2. The van der Waals surface area contributed by atoms with E-state index in [9.17, 15) is 0 Å². The fourth-order valence-corrected chi connectivity index (χ4v) is 3.88. The number of hydrogen-bond donors (Lipinski definition) is 2. The highest BCUT2D eigenvalue weighted by Gasteiger charge is 2.31. The van der Waals surface area contributed by atoms with Crippen LogP contribution in [0.2, 0.25) is 0 Å². The first kappa shape index (κ1) is 12.7. The second-order valence-electron chi connectivity index (χ2n) is 4.99. The standard InChI is InChI=1S/C14H18N4S/c1-9-14(19-8-17-9)13(18-15)11-6-2-4-10-5-3-7-16-12(10)11/h3,5,7-8,11,13,18H,2,4,6,15H2,1H3. The van der Waals surface area contributed by atoms with Crippen LogP contribution in [0.25, 0.3) is 0 Å². The van der Waals surface area contributed by atoms with Crippen molar-refractivity contribution < 1.29 is 0 Å². The second-order valence-corrected chi connectivity index (χ2v) is 5.88. The van der Waals surface area contributed by atoms with Crippen molar-refractivity contribution in [2.45, 2.75) is 38.1 Å². The Morgan fingerprint density at radius 2 is 2.37 bits per heavy atom. The minimum atomic E-state index is 0.112. The fraction of sp³-hybridized carbons (Fsp3) is 0.429. The Hall–Kier alpha value is -1.30. The van der Waals surface area contributed by atoms with Crippen LogP contribution in [0.3, 0.4) is 0 Å². The Balaban J connectivity index is 2.00. The highest BCUT2D eigenvalue weighted by Crippen LogP contribution is 2.40. The number of hydrogen-bond acceptors (Lipinski definition) is 5. The van der Waals surface area contributed by atoms with Gasteiger partial charge < -0.3 is 0 Å².